The zero-order valence-electron chi connectivity index (χ0n) is 11.8. The van der Waals surface area contributed by atoms with E-state index in [4.69, 9.17) is 0 Å². The number of hydrogen-bond acceptors (Lipinski definition) is 3. The van der Waals surface area contributed by atoms with Gasteiger partial charge < -0.3 is 5.11 Å². The molecule has 0 saturated heterocycles. The predicted octanol–water partition coefficient (Wildman–Crippen LogP) is 3.61. The van der Waals surface area contributed by atoms with E-state index in [1.807, 2.05) is 56.3 Å². The molecule has 0 unspecified atom stereocenters. The van der Waals surface area contributed by atoms with Crippen molar-refractivity contribution in [1.82, 2.24) is 9.97 Å². The van der Waals surface area contributed by atoms with Crippen molar-refractivity contribution in [2.24, 2.45) is 0 Å². The van der Waals surface area contributed by atoms with Gasteiger partial charge in [-0.25, -0.2) is 14.8 Å². The molecule has 21 heavy (non-hydrogen) atoms. The molecule has 0 radical (unpaired) electrons. The molecule has 0 aliphatic rings. The summed E-state index contributed by atoms with van der Waals surface area (Å²) in [6, 6.07) is 13.1. The smallest absolute Gasteiger partial charge is 0.356 e. The third-order valence-corrected chi connectivity index (χ3v) is 3.53. The van der Waals surface area contributed by atoms with Crippen LogP contribution in [-0.4, -0.2) is 21.0 Å². The lowest BCUT2D eigenvalue weighted by molar-refractivity contribution is 0.0691. The molecule has 0 aliphatic heterocycles. The van der Waals surface area contributed by atoms with Crippen LogP contribution in [0.2, 0.25) is 0 Å². The van der Waals surface area contributed by atoms with Crippen LogP contribution < -0.4 is 0 Å². The third-order valence-electron chi connectivity index (χ3n) is 3.53. The molecule has 2 aromatic carbocycles. The summed E-state index contributed by atoms with van der Waals surface area (Å²) >= 11 is 0. The second-order valence-corrected chi connectivity index (χ2v) is 5.02. The van der Waals surface area contributed by atoms with E-state index in [1.165, 1.54) is 0 Å². The number of carboxylic acid groups (broad SMARTS) is 1. The Labute approximate surface area is 122 Å². The van der Waals surface area contributed by atoms with Crippen LogP contribution >= 0.6 is 0 Å². The van der Waals surface area contributed by atoms with Crippen molar-refractivity contribution in [1.29, 1.82) is 0 Å². The molecule has 4 heteroatoms. The summed E-state index contributed by atoms with van der Waals surface area (Å²) in [6.07, 6.45) is 0. The Morgan fingerprint density at radius 2 is 1.52 bits per heavy atom. The van der Waals surface area contributed by atoms with Gasteiger partial charge in [-0.3, -0.25) is 0 Å². The van der Waals surface area contributed by atoms with Crippen molar-refractivity contribution >= 4 is 17.0 Å². The first kappa shape index (κ1) is 13.2. The molecule has 0 fully saturated rings. The average molecular weight is 278 g/mol. The second kappa shape index (κ2) is 4.98. The van der Waals surface area contributed by atoms with Gasteiger partial charge in [0.2, 0.25) is 0 Å². The Morgan fingerprint density at radius 3 is 2.10 bits per heavy atom. The SMILES string of the molecule is Cc1cc2nc(C(=O)O)c(-c3ccccc3)nc2cc1C. The lowest BCUT2D eigenvalue weighted by atomic mass is 10.1. The number of carbonyl (C=O) groups is 1. The van der Waals surface area contributed by atoms with Crippen molar-refractivity contribution in [3.63, 3.8) is 0 Å². The number of carboxylic acids is 1. The van der Waals surface area contributed by atoms with Gasteiger partial charge in [0.05, 0.1) is 11.0 Å². The molecular formula is C17H14N2O2. The molecule has 104 valence electrons. The topological polar surface area (TPSA) is 63.1 Å². The van der Waals surface area contributed by atoms with Crippen LogP contribution in [0.4, 0.5) is 0 Å². The number of aromatic nitrogens is 2. The number of hydrogen-bond donors (Lipinski definition) is 1. The van der Waals surface area contributed by atoms with Crippen molar-refractivity contribution in [3.05, 3.63) is 59.3 Å². The maximum Gasteiger partial charge on any atom is 0.356 e. The van der Waals surface area contributed by atoms with Gasteiger partial charge in [-0.05, 0) is 37.1 Å². The minimum Gasteiger partial charge on any atom is -0.476 e. The summed E-state index contributed by atoms with van der Waals surface area (Å²) in [5.41, 5.74) is 4.63. The Morgan fingerprint density at radius 1 is 0.952 bits per heavy atom. The molecule has 0 amide bonds. The van der Waals surface area contributed by atoms with Crippen molar-refractivity contribution in [3.8, 4) is 11.3 Å². The molecule has 0 aliphatic carbocycles. The Balaban J connectivity index is 2.34. The van der Waals surface area contributed by atoms with Crippen molar-refractivity contribution in [2.75, 3.05) is 0 Å². The van der Waals surface area contributed by atoms with Crippen LogP contribution in [0.5, 0.6) is 0 Å². The van der Waals surface area contributed by atoms with E-state index < -0.39 is 5.97 Å². The molecule has 0 bridgehead atoms. The van der Waals surface area contributed by atoms with Crippen molar-refractivity contribution < 1.29 is 9.90 Å². The zero-order valence-corrected chi connectivity index (χ0v) is 11.8. The fourth-order valence-corrected chi connectivity index (χ4v) is 2.26. The van der Waals surface area contributed by atoms with Gasteiger partial charge in [0, 0.05) is 5.56 Å². The minimum atomic E-state index is -1.07. The molecule has 3 aromatic rings. The maximum absolute atomic E-state index is 11.5. The van der Waals surface area contributed by atoms with E-state index in [2.05, 4.69) is 9.97 Å². The lowest BCUT2D eigenvalue weighted by Crippen LogP contribution is -2.06. The number of nitrogens with zero attached hydrogens (tertiary/aromatic N) is 2. The van der Waals surface area contributed by atoms with Gasteiger partial charge in [0.25, 0.3) is 0 Å². The molecule has 1 heterocycles. The zero-order chi connectivity index (χ0) is 15.0. The highest BCUT2D eigenvalue weighted by molar-refractivity contribution is 5.95. The minimum absolute atomic E-state index is 0.0167. The van der Waals surface area contributed by atoms with E-state index in [0.717, 1.165) is 16.7 Å². The number of rotatable bonds is 2. The normalized spacial score (nSPS) is 10.8. The largest absolute Gasteiger partial charge is 0.476 e. The van der Waals surface area contributed by atoms with E-state index in [1.54, 1.807) is 0 Å². The van der Waals surface area contributed by atoms with Gasteiger partial charge in [0.1, 0.15) is 5.69 Å². The summed E-state index contributed by atoms with van der Waals surface area (Å²) in [4.78, 5) is 20.3. The van der Waals surface area contributed by atoms with Gasteiger partial charge in [0.15, 0.2) is 5.69 Å². The number of aryl methyl sites for hydroxylation is 2. The van der Waals surface area contributed by atoms with Gasteiger partial charge in [-0.1, -0.05) is 30.3 Å². The van der Waals surface area contributed by atoms with Crippen LogP contribution in [0.25, 0.3) is 22.3 Å². The number of fused-ring (bicyclic) bond motifs is 1. The van der Waals surface area contributed by atoms with Crippen LogP contribution in [0.15, 0.2) is 42.5 Å². The fourth-order valence-electron chi connectivity index (χ4n) is 2.26. The maximum atomic E-state index is 11.5. The van der Waals surface area contributed by atoms with Crippen LogP contribution in [0.3, 0.4) is 0 Å². The lowest BCUT2D eigenvalue weighted by Gasteiger charge is -2.09. The summed E-state index contributed by atoms with van der Waals surface area (Å²) in [7, 11) is 0. The van der Waals surface area contributed by atoms with Crippen LogP contribution in [0, 0.1) is 13.8 Å². The number of benzene rings is 2. The highest BCUT2D eigenvalue weighted by atomic mass is 16.4. The van der Waals surface area contributed by atoms with Gasteiger partial charge >= 0.3 is 5.97 Å². The highest BCUT2D eigenvalue weighted by Gasteiger charge is 2.17. The first-order valence-electron chi connectivity index (χ1n) is 6.64. The third kappa shape index (κ3) is 2.36. The highest BCUT2D eigenvalue weighted by Crippen LogP contribution is 2.24. The van der Waals surface area contributed by atoms with Crippen molar-refractivity contribution in [2.45, 2.75) is 13.8 Å². The standard InChI is InChI=1S/C17H14N2O2/c1-10-8-13-14(9-11(10)2)19-16(17(20)21)15(18-13)12-6-4-3-5-7-12/h3-9H,1-2H3,(H,20,21). The summed E-state index contributed by atoms with van der Waals surface area (Å²) in [5.74, 6) is -1.07. The van der Waals surface area contributed by atoms with Gasteiger partial charge in [-0.15, -0.1) is 0 Å². The Kier molecular flexibility index (Phi) is 3.14. The van der Waals surface area contributed by atoms with Crippen LogP contribution in [0.1, 0.15) is 21.6 Å². The van der Waals surface area contributed by atoms with Crippen LogP contribution in [-0.2, 0) is 0 Å². The molecule has 1 aromatic heterocycles. The monoisotopic (exact) mass is 278 g/mol. The first-order chi connectivity index (χ1) is 10.1. The Hall–Kier alpha value is -2.75. The average Bonchev–Trinajstić information content (AvgIpc) is 2.48. The molecular weight excluding hydrogens is 264 g/mol. The molecule has 0 spiro atoms. The van der Waals surface area contributed by atoms with E-state index in [-0.39, 0.29) is 5.69 Å². The van der Waals surface area contributed by atoms with E-state index >= 15 is 0 Å². The second-order valence-electron chi connectivity index (χ2n) is 5.02. The molecule has 1 N–H and O–H groups in total. The quantitative estimate of drug-likeness (QED) is 0.777. The molecule has 3 rings (SSSR count). The van der Waals surface area contributed by atoms with E-state index in [0.29, 0.717) is 16.7 Å². The number of aromatic carboxylic acids is 1. The molecule has 0 saturated carbocycles. The summed E-state index contributed by atoms with van der Waals surface area (Å²) in [5, 5.41) is 9.41. The van der Waals surface area contributed by atoms with Gasteiger partial charge in [-0.2, -0.15) is 0 Å². The fraction of sp³-hybridized carbons (Fsp3) is 0.118. The predicted molar refractivity (Wildman–Crippen MR) is 81.4 cm³/mol. The molecule has 4 nitrogen and oxygen atoms in total. The summed E-state index contributed by atoms with van der Waals surface area (Å²) in [6.45, 7) is 3.98. The Bertz CT molecular complexity index is 842. The van der Waals surface area contributed by atoms with E-state index in [9.17, 15) is 9.90 Å². The summed E-state index contributed by atoms with van der Waals surface area (Å²) < 4.78 is 0. The first-order valence-corrected chi connectivity index (χ1v) is 6.64. The molecule has 0 atom stereocenters.